The molecule has 0 heterocycles. The van der Waals surface area contributed by atoms with E-state index in [1.807, 2.05) is 0 Å². The van der Waals surface area contributed by atoms with Crippen molar-refractivity contribution in [1.82, 2.24) is 0 Å². The third-order valence-corrected chi connectivity index (χ3v) is 2.09. The van der Waals surface area contributed by atoms with Gasteiger partial charge in [-0.3, -0.25) is 0 Å². The lowest BCUT2D eigenvalue weighted by Gasteiger charge is -2.18. The zero-order chi connectivity index (χ0) is 10.7. The maximum Gasteiger partial charge on any atom is 0.131 e. The monoisotopic (exact) mass is 199 g/mol. The Morgan fingerprint density at radius 2 is 2.14 bits per heavy atom. The number of hydrogen-bond donors (Lipinski definition) is 2. The third-order valence-electron chi connectivity index (χ3n) is 2.09. The second kappa shape index (κ2) is 4.39. The van der Waals surface area contributed by atoms with Crippen LogP contribution in [0.25, 0.3) is 0 Å². The van der Waals surface area contributed by atoms with E-state index in [1.54, 1.807) is 6.07 Å². The predicted molar refractivity (Wildman–Crippen MR) is 51.6 cm³/mol. The summed E-state index contributed by atoms with van der Waals surface area (Å²) in [4.78, 5) is 0. The standard InChI is InChI=1S/C10H14FNO2/c1-6(13)10(12)9-7(11)4-3-5-8(9)14-2/h3-6,10,13H,12H2,1-2H3. The lowest BCUT2D eigenvalue weighted by Crippen LogP contribution is -2.24. The molecule has 0 bridgehead atoms. The van der Waals surface area contributed by atoms with Gasteiger partial charge in [-0.05, 0) is 19.1 Å². The Kier molecular flexibility index (Phi) is 3.43. The highest BCUT2D eigenvalue weighted by Gasteiger charge is 2.20. The molecule has 3 N–H and O–H groups in total. The van der Waals surface area contributed by atoms with Gasteiger partial charge in [0.25, 0.3) is 0 Å². The SMILES string of the molecule is COc1cccc(F)c1C(N)C(C)O. The molecule has 4 heteroatoms. The molecule has 3 nitrogen and oxygen atoms in total. The second-order valence-corrected chi connectivity index (χ2v) is 3.12. The van der Waals surface area contributed by atoms with Gasteiger partial charge in [0.2, 0.25) is 0 Å². The molecule has 0 fully saturated rings. The lowest BCUT2D eigenvalue weighted by atomic mass is 10.0. The average molecular weight is 199 g/mol. The Morgan fingerprint density at radius 1 is 1.50 bits per heavy atom. The van der Waals surface area contributed by atoms with Crippen molar-refractivity contribution in [2.45, 2.75) is 19.1 Å². The van der Waals surface area contributed by atoms with Gasteiger partial charge in [-0.15, -0.1) is 0 Å². The molecule has 0 radical (unpaired) electrons. The van der Waals surface area contributed by atoms with E-state index in [1.165, 1.54) is 26.2 Å². The van der Waals surface area contributed by atoms with Gasteiger partial charge in [-0.2, -0.15) is 0 Å². The summed E-state index contributed by atoms with van der Waals surface area (Å²) in [5.74, 6) is -0.101. The van der Waals surface area contributed by atoms with E-state index in [9.17, 15) is 9.50 Å². The van der Waals surface area contributed by atoms with Crippen molar-refractivity contribution < 1.29 is 14.2 Å². The van der Waals surface area contributed by atoms with Gasteiger partial charge in [-0.1, -0.05) is 6.07 Å². The molecule has 0 aromatic heterocycles. The first-order valence-electron chi connectivity index (χ1n) is 4.34. The molecule has 0 aliphatic carbocycles. The summed E-state index contributed by atoms with van der Waals surface area (Å²) in [5, 5.41) is 9.27. The number of ether oxygens (including phenoxy) is 1. The highest BCUT2D eigenvalue weighted by atomic mass is 19.1. The number of aliphatic hydroxyl groups is 1. The lowest BCUT2D eigenvalue weighted by molar-refractivity contribution is 0.160. The van der Waals surface area contributed by atoms with Crippen LogP contribution in [0.15, 0.2) is 18.2 Å². The Balaban J connectivity index is 3.16. The summed E-state index contributed by atoms with van der Waals surface area (Å²) in [6.07, 6.45) is -0.819. The van der Waals surface area contributed by atoms with E-state index in [4.69, 9.17) is 10.5 Å². The fraction of sp³-hybridized carbons (Fsp3) is 0.400. The number of rotatable bonds is 3. The minimum atomic E-state index is -0.819. The molecule has 0 aliphatic heterocycles. The molecular formula is C10H14FNO2. The minimum Gasteiger partial charge on any atom is -0.496 e. The van der Waals surface area contributed by atoms with E-state index >= 15 is 0 Å². The largest absolute Gasteiger partial charge is 0.496 e. The Bertz CT molecular complexity index is 315. The summed E-state index contributed by atoms with van der Waals surface area (Å²) in [5.41, 5.74) is 5.86. The van der Waals surface area contributed by atoms with Crippen molar-refractivity contribution in [2.24, 2.45) is 5.73 Å². The molecule has 1 aromatic carbocycles. The molecule has 2 unspecified atom stereocenters. The minimum absolute atomic E-state index is 0.213. The van der Waals surface area contributed by atoms with Gasteiger partial charge >= 0.3 is 0 Å². The molecule has 1 aromatic rings. The average Bonchev–Trinajstić information content (AvgIpc) is 2.16. The molecule has 0 saturated heterocycles. The first kappa shape index (κ1) is 10.9. The number of benzene rings is 1. The highest BCUT2D eigenvalue weighted by molar-refractivity contribution is 5.37. The smallest absolute Gasteiger partial charge is 0.131 e. The molecule has 1 rings (SSSR count). The summed E-state index contributed by atoms with van der Waals surface area (Å²) in [6.45, 7) is 1.51. The zero-order valence-corrected chi connectivity index (χ0v) is 8.20. The molecule has 2 atom stereocenters. The van der Waals surface area contributed by atoms with Crippen LogP contribution in [-0.4, -0.2) is 18.3 Å². The Morgan fingerprint density at radius 3 is 2.64 bits per heavy atom. The number of nitrogens with two attached hydrogens (primary N) is 1. The fourth-order valence-electron chi connectivity index (χ4n) is 1.26. The number of aliphatic hydroxyl groups excluding tert-OH is 1. The summed E-state index contributed by atoms with van der Waals surface area (Å²) >= 11 is 0. The van der Waals surface area contributed by atoms with Crippen molar-refractivity contribution in [3.8, 4) is 5.75 Å². The molecular weight excluding hydrogens is 185 g/mol. The topological polar surface area (TPSA) is 55.5 Å². The molecule has 78 valence electrons. The summed E-state index contributed by atoms with van der Waals surface area (Å²) < 4.78 is 18.3. The molecule has 14 heavy (non-hydrogen) atoms. The van der Waals surface area contributed by atoms with Gasteiger partial charge in [0.05, 0.1) is 19.3 Å². The van der Waals surface area contributed by atoms with Gasteiger partial charge in [0.15, 0.2) is 0 Å². The van der Waals surface area contributed by atoms with Crippen molar-refractivity contribution in [3.05, 3.63) is 29.6 Å². The van der Waals surface area contributed by atoms with Crippen LogP contribution in [0.3, 0.4) is 0 Å². The van der Waals surface area contributed by atoms with E-state index < -0.39 is 18.0 Å². The predicted octanol–water partition coefficient (Wildman–Crippen LogP) is 1.21. The van der Waals surface area contributed by atoms with Gasteiger partial charge < -0.3 is 15.6 Å². The van der Waals surface area contributed by atoms with Crippen LogP contribution in [0.4, 0.5) is 4.39 Å². The molecule has 0 saturated carbocycles. The summed E-state index contributed by atoms with van der Waals surface area (Å²) in [6, 6.07) is 3.67. The van der Waals surface area contributed by atoms with Crippen LogP contribution >= 0.6 is 0 Å². The molecule has 0 spiro atoms. The van der Waals surface area contributed by atoms with Crippen LogP contribution in [0, 0.1) is 5.82 Å². The summed E-state index contributed by atoms with van der Waals surface area (Å²) in [7, 11) is 1.44. The zero-order valence-electron chi connectivity index (χ0n) is 8.20. The highest BCUT2D eigenvalue weighted by Crippen LogP contribution is 2.28. The van der Waals surface area contributed by atoms with Crippen molar-refractivity contribution in [2.75, 3.05) is 7.11 Å². The fourth-order valence-corrected chi connectivity index (χ4v) is 1.26. The first-order chi connectivity index (χ1) is 6.57. The maximum absolute atomic E-state index is 13.4. The number of methoxy groups -OCH3 is 1. The van der Waals surface area contributed by atoms with Gasteiger partial charge in [-0.25, -0.2) is 4.39 Å². The quantitative estimate of drug-likeness (QED) is 0.769. The molecule has 0 amide bonds. The van der Waals surface area contributed by atoms with Crippen LogP contribution in [0.1, 0.15) is 18.5 Å². The Labute approximate surface area is 82.3 Å². The van der Waals surface area contributed by atoms with Crippen molar-refractivity contribution in [1.29, 1.82) is 0 Å². The maximum atomic E-state index is 13.4. The second-order valence-electron chi connectivity index (χ2n) is 3.12. The number of hydrogen-bond acceptors (Lipinski definition) is 3. The molecule has 0 aliphatic rings. The Hall–Kier alpha value is -1.13. The van der Waals surface area contributed by atoms with Gasteiger partial charge in [0, 0.05) is 5.56 Å². The van der Waals surface area contributed by atoms with E-state index in [0.29, 0.717) is 5.75 Å². The van der Waals surface area contributed by atoms with E-state index in [-0.39, 0.29) is 5.56 Å². The van der Waals surface area contributed by atoms with Crippen molar-refractivity contribution in [3.63, 3.8) is 0 Å². The van der Waals surface area contributed by atoms with E-state index in [2.05, 4.69) is 0 Å². The van der Waals surface area contributed by atoms with Crippen LogP contribution in [0.2, 0.25) is 0 Å². The first-order valence-corrected chi connectivity index (χ1v) is 4.34. The normalized spacial score (nSPS) is 14.9. The number of halogens is 1. The van der Waals surface area contributed by atoms with Crippen LogP contribution in [0.5, 0.6) is 5.75 Å². The third kappa shape index (κ3) is 2.02. The van der Waals surface area contributed by atoms with Crippen LogP contribution < -0.4 is 10.5 Å². The van der Waals surface area contributed by atoms with Crippen LogP contribution in [-0.2, 0) is 0 Å². The van der Waals surface area contributed by atoms with Crippen molar-refractivity contribution >= 4 is 0 Å². The van der Waals surface area contributed by atoms with Gasteiger partial charge in [0.1, 0.15) is 11.6 Å². The van der Waals surface area contributed by atoms with E-state index in [0.717, 1.165) is 0 Å².